The van der Waals surface area contributed by atoms with Gasteiger partial charge >= 0.3 is 12.0 Å². The molecule has 1 fully saturated rings. The molecule has 2 unspecified atom stereocenters. The lowest BCUT2D eigenvalue weighted by Gasteiger charge is -2.31. The summed E-state index contributed by atoms with van der Waals surface area (Å²) in [6.07, 6.45) is 0.908. The van der Waals surface area contributed by atoms with E-state index in [0.29, 0.717) is 0 Å². The van der Waals surface area contributed by atoms with Gasteiger partial charge in [-0.3, -0.25) is 4.79 Å². The van der Waals surface area contributed by atoms with Crippen LogP contribution in [-0.4, -0.2) is 65.7 Å². The molecule has 0 aromatic heterocycles. The molecule has 0 aliphatic carbocycles. The molecule has 2 amide bonds. The first kappa shape index (κ1) is 16.8. The van der Waals surface area contributed by atoms with Crippen LogP contribution in [0.5, 0.6) is 0 Å². The standard InChI is InChI=1S/C14H27N3O3/c1-10(2)12(8-13(18)19)15-14(20)17-7-5-6-16(4)9-11(17)3/h10-12H,5-9H2,1-4H3,(H,15,20)(H,18,19). The van der Waals surface area contributed by atoms with Crippen LogP contribution >= 0.6 is 0 Å². The first-order chi connectivity index (χ1) is 9.31. The van der Waals surface area contributed by atoms with E-state index in [1.165, 1.54) is 0 Å². The van der Waals surface area contributed by atoms with Crippen molar-refractivity contribution in [3.63, 3.8) is 0 Å². The van der Waals surface area contributed by atoms with Crippen LogP contribution in [-0.2, 0) is 4.79 Å². The highest BCUT2D eigenvalue weighted by molar-refractivity contribution is 5.76. The Morgan fingerprint density at radius 2 is 2.00 bits per heavy atom. The molecule has 1 aliphatic rings. The van der Waals surface area contributed by atoms with Crippen LogP contribution in [0.2, 0.25) is 0 Å². The number of hydrogen-bond acceptors (Lipinski definition) is 3. The average Bonchev–Trinajstić information content (AvgIpc) is 2.48. The number of aliphatic carboxylic acids is 1. The third-order valence-electron chi connectivity index (χ3n) is 3.82. The van der Waals surface area contributed by atoms with Gasteiger partial charge in [0.05, 0.1) is 6.42 Å². The number of rotatable bonds is 4. The Morgan fingerprint density at radius 1 is 1.35 bits per heavy atom. The SMILES string of the molecule is CC(C)C(CC(=O)O)NC(=O)N1CCCN(C)CC1C. The number of nitrogens with one attached hydrogen (secondary N) is 1. The summed E-state index contributed by atoms with van der Waals surface area (Å²) in [6, 6.07) is -0.332. The van der Waals surface area contributed by atoms with Gasteiger partial charge in [-0.2, -0.15) is 0 Å². The van der Waals surface area contributed by atoms with Crippen LogP contribution in [0.3, 0.4) is 0 Å². The van der Waals surface area contributed by atoms with Crippen molar-refractivity contribution < 1.29 is 14.7 Å². The highest BCUT2D eigenvalue weighted by Crippen LogP contribution is 2.11. The van der Waals surface area contributed by atoms with Crippen molar-refractivity contribution in [2.24, 2.45) is 5.92 Å². The van der Waals surface area contributed by atoms with Crippen LogP contribution in [0.1, 0.15) is 33.6 Å². The molecule has 0 aromatic rings. The molecular weight excluding hydrogens is 258 g/mol. The smallest absolute Gasteiger partial charge is 0.317 e. The fourth-order valence-corrected chi connectivity index (χ4v) is 2.56. The lowest BCUT2D eigenvalue weighted by atomic mass is 10.0. The molecule has 1 aliphatic heterocycles. The summed E-state index contributed by atoms with van der Waals surface area (Å²) in [4.78, 5) is 27.3. The van der Waals surface area contributed by atoms with Gasteiger partial charge in [-0.25, -0.2) is 4.79 Å². The zero-order valence-electron chi connectivity index (χ0n) is 12.9. The van der Waals surface area contributed by atoms with E-state index in [1.54, 1.807) is 0 Å². The van der Waals surface area contributed by atoms with Gasteiger partial charge in [0.15, 0.2) is 0 Å². The molecule has 1 saturated heterocycles. The Morgan fingerprint density at radius 3 is 2.55 bits per heavy atom. The topological polar surface area (TPSA) is 72.9 Å². The maximum atomic E-state index is 12.4. The Bertz CT molecular complexity index is 347. The Hall–Kier alpha value is -1.30. The second kappa shape index (κ2) is 7.47. The number of carboxylic acids is 1. The first-order valence-corrected chi connectivity index (χ1v) is 7.28. The highest BCUT2D eigenvalue weighted by Gasteiger charge is 2.27. The van der Waals surface area contributed by atoms with Crippen LogP contribution in [0.4, 0.5) is 4.79 Å². The van der Waals surface area contributed by atoms with E-state index in [4.69, 9.17) is 5.11 Å². The minimum Gasteiger partial charge on any atom is -0.481 e. The molecule has 0 saturated carbocycles. The largest absolute Gasteiger partial charge is 0.481 e. The van der Waals surface area contributed by atoms with Gasteiger partial charge in [0, 0.05) is 25.2 Å². The molecule has 6 heteroatoms. The Kier molecular flexibility index (Phi) is 6.26. The van der Waals surface area contributed by atoms with Crippen molar-refractivity contribution >= 4 is 12.0 Å². The molecule has 1 rings (SSSR count). The second-order valence-corrected chi connectivity index (χ2v) is 6.06. The van der Waals surface area contributed by atoms with Gasteiger partial charge in [-0.1, -0.05) is 13.8 Å². The third-order valence-corrected chi connectivity index (χ3v) is 3.82. The molecule has 1 heterocycles. The van der Waals surface area contributed by atoms with E-state index in [2.05, 4.69) is 17.3 Å². The maximum Gasteiger partial charge on any atom is 0.317 e. The summed E-state index contributed by atoms with van der Waals surface area (Å²) in [6.45, 7) is 8.43. The summed E-state index contributed by atoms with van der Waals surface area (Å²) < 4.78 is 0. The van der Waals surface area contributed by atoms with Gasteiger partial charge in [-0.15, -0.1) is 0 Å². The van der Waals surface area contributed by atoms with Gasteiger partial charge in [0.25, 0.3) is 0 Å². The molecule has 0 radical (unpaired) electrons. The first-order valence-electron chi connectivity index (χ1n) is 7.28. The Balaban J connectivity index is 2.65. The fourth-order valence-electron chi connectivity index (χ4n) is 2.56. The Labute approximate surface area is 121 Å². The second-order valence-electron chi connectivity index (χ2n) is 6.06. The van der Waals surface area contributed by atoms with E-state index in [-0.39, 0.29) is 30.5 Å². The molecule has 0 aromatic carbocycles. The van der Waals surface area contributed by atoms with Crippen LogP contribution in [0.25, 0.3) is 0 Å². The molecule has 0 spiro atoms. The maximum absolute atomic E-state index is 12.4. The number of nitrogens with zero attached hydrogens (tertiary/aromatic N) is 2. The number of carbonyl (C=O) groups is 2. The van der Waals surface area contributed by atoms with Crippen molar-refractivity contribution in [3.8, 4) is 0 Å². The van der Waals surface area contributed by atoms with Crippen LogP contribution in [0, 0.1) is 5.92 Å². The predicted molar refractivity (Wildman–Crippen MR) is 77.7 cm³/mol. The summed E-state index contributed by atoms with van der Waals surface area (Å²) in [7, 11) is 2.05. The van der Waals surface area contributed by atoms with E-state index < -0.39 is 5.97 Å². The van der Waals surface area contributed by atoms with Crippen LogP contribution < -0.4 is 5.32 Å². The molecule has 116 valence electrons. The quantitative estimate of drug-likeness (QED) is 0.814. The van der Waals surface area contributed by atoms with E-state index in [0.717, 1.165) is 26.1 Å². The highest BCUT2D eigenvalue weighted by atomic mass is 16.4. The molecule has 0 bridgehead atoms. The monoisotopic (exact) mass is 285 g/mol. The van der Waals surface area contributed by atoms with E-state index >= 15 is 0 Å². The van der Waals surface area contributed by atoms with Crippen molar-refractivity contribution in [2.45, 2.75) is 45.7 Å². The van der Waals surface area contributed by atoms with Gasteiger partial charge in [0.1, 0.15) is 0 Å². The summed E-state index contributed by atoms with van der Waals surface area (Å²) in [5, 5.41) is 11.8. The minimum absolute atomic E-state index is 0.0362. The van der Waals surface area contributed by atoms with Crippen LogP contribution in [0.15, 0.2) is 0 Å². The van der Waals surface area contributed by atoms with Crippen molar-refractivity contribution in [2.75, 3.05) is 26.7 Å². The number of likely N-dealkylation sites (N-methyl/N-ethyl adjacent to an activating group) is 1. The van der Waals surface area contributed by atoms with Gasteiger partial charge in [-0.05, 0) is 32.9 Å². The molecule has 2 N–H and O–H groups in total. The number of urea groups is 1. The minimum atomic E-state index is -0.882. The zero-order valence-corrected chi connectivity index (χ0v) is 12.9. The van der Waals surface area contributed by atoms with E-state index in [9.17, 15) is 9.59 Å². The van der Waals surface area contributed by atoms with Gasteiger partial charge < -0.3 is 20.2 Å². The third kappa shape index (κ3) is 5.00. The molecular formula is C14H27N3O3. The fraction of sp³-hybridized carbons (Fsp3) is 0.857. The molecule has 20 heavy (non-hydrogen) atoms. The summed E-state index contributed by atoms with van der Waals surface area (Å²) in [5.41, 5.74) is 0. The summed E-state index contributed by atoms with van der Waals surface area (Å²) in [5.74, 6) is -0.785. The average molecular weight is 285 g/mol. The predicted octanol–water partition coefficient (Wildman–Crippen LogP) is 1.22. The summed E-state index contributed by atoms with van der Waals surface area (Å²) >= 11 is 0. The zero-order chi connectivity index (χ0) is 15.3. The number of hydrogen-bond donors (Lipinski definition) is 2. The number of carboxylic acid groups (broad SMARTS) is 1. The number of amides is 2. The lowest BCUT2D eigenvalue weighted by Crippen LogP contribution is -2.51. The van der Waals surface area contributed by atoms with Crippen molar-refractivity contribution in [1.82, 2.24) is 15.1 Å². The normalized spacial score (nSPS) is 22.4. The molecule has 2 atom stereocenters. The van der Waals surface area contributed by atoms with Crippen molar-refractivity contribution in [1.29, 1.82) is 0 Å². The van der Waals surface area contributed by atoms with E-state index in [1.807, 2.05) is 25.7 Å². The number of carbonyl (C=O) groups excluding carboxylic acids is 1. The van der Waals surface area contributed by atoms with Crippen molar-refractivity contribution in [3.05, 3.63) is 0 Å². The molecule has 6 nitrogen and oxygen atoms in total. The lowest BCUT2D eigenvalue weighted by molar-refractivity contribution is -0.137. The van der Waals surface area contributed by atoms with Gasteiger partial charge in [0.2, 0.25) is 0 Å².